The van der Waals surface area contributed by atoms with Crippen LogP contribution < -0.4 is 4.72 Å². The predicted molar refractivity (Wildman–Crippen MR) is 108 cm³/mol. The fourth-order valence-electron chi connectivity index (χ4n) is 3.81. The summed E-state index contributed by atoms with van der Waals surface area (Å²) in [4.78, 5) is 11.3. The van der Waals surface area contributed by atoms with Gasteiger partial charge in [-0.1, -0.05) is 18.2 Å². The van der Waals surface area contributed by atoms with E-state index < -0.39 is 10.0 Å². The summed E-state index contributed by atoms with van der Waals surface area (Å²) in [6, 6.07) is 8.93. The first-order valence-corrected chi connectivity index (χ1v) is 11.0. The molecule has 7 nitrogen and oxygen atoms in total. The Bertz CT molecular complexity index is 1060. The van der Waals surface area contributed by atoms with Gasteiger partial charge in [0.15, 0.2) is 0 Å². The number of piperidine rings is 1. The standard InChI is InChI=1S/C20H25N5O2S/c1-24-12-10-21-19(24)15-25-11-4-5-16(14-25)13-23-28(26,27)18-8-2-6-17-7-3-9-22-20(17)18/h2-3,6-10,12,16,23H,4-5,11,13-15H2,1H3/t16-/m1/s1. The van der Waals surface area contributed by atoms with E-state index >= 15 is 0 Å². The molecule has 0 saturated carbocycles. The van der Waals surface area contributed by atoms with Gasteiger partial charge in [0.25, 0.3) is 0 Å². The Hall–Kier alpha value is -2.29. The van der Waals surface area contributed by atoms with Crippen molar-refractivity contribution in [3.8, 4) is 0 Å². The Labute approximate surface area is 165 Å². The summed E-state index contributed by atoms with van der Waals surface area (Å²) in [6.45, 7) is 3.11. The molecule has 0 radical (unpaired) electrons. The zero-order valence-electron chi connectivity index (χ0n) is 16.0. The Morgan fingerprint density at radius 3 is 2.86 bits per heavy atom. The molecular weight excluding hydrogens is 374 g/mol. The highest BCUT2D eigenvalue weighted by molar-refractivity contribution is 7.89. The van der Waals surface area contributed by atoms with Gasteiger partial charge in [0, 0.05) is 44.1 Å². The molecule has 0 unspecified atom stereocenters. The lowest BCUT2D eigenvalue weighted by Gasteiger charge is -2.32. The summed E-state index contributed by atoms with van der Waals surface area (Å²) < 4.78 is 30.6. The molecule has 148 valence electrons. The maximum Gasteiger partial charge on any atom is 0.242 e. The maximum absolute atomic E-state index is 12.9. The number of nitrogens with zero attached hydrogens (tertiary/aromatic N) is 4. The molecular formula is C20H25N5O2S. The third-order valence-electron chi connectivity index (χ3n) is 5.34. The molecule has 0 aliphatic carbocycles. The van der Waals surface area contributed by atoms with Gasteiger partial charge in [-0.25, -0.2) is 18.1 Å². The van der Waals surface area contributed by atoms with Crippen LogP contribution in [0.4, 0.5) is 0 Å². The van der Waals surface area contributed by atoms with Gasteiger partial charge in [-0.3, -0.25) is 9.88 Å². The summed E-state index contributed by atoms with van der Waals surface area (Å²) in [5.41, 5.74) is 0.512. The summed E-state index contributed by atoms with van der Waals surface area (Å²) in [5, 5.41) is 0.823. The Kier molecular flexibility index (Phi) is 5.43. The first kappa shape index (κ1) is 19.0. The highest BCUT2D eigenvalue weighted by atomic mass is 32.2. The van der Waals surface area contributed by atoms with Crippen molar-refractivity contribution in [2.45, 2.75) is 24.3 Å². The van der Waals surface area contributed by atoms with Crippen molar-refractivity contribution in [3.05, 3.63) is 54.7 Å². The number of hydrogen-bond acceptors (Lipinski definition) is 5. The highest BCUT2D eigenvalue weighted by Crippen LogP contribution is 2.22. The number of imidazole rings is 1. The van der Waals surface area contributed by atoms with Crippen molar-refractivity contribution in [3.63, 3.8) is 0 Å². The Morgan fingerprint density at radius 2 is 2.04 bits per heavy atom. The van der Waals surface area contributed by atoms with E-state index in [-0.39, 0.29) is 10.8 Å². The van der Waals surface area contributed by atoms with Gasteiger partial charge in [0.2, 0.25) is 10.0 Å². The van der Waals surface area contributed by atoms with Gasteiger partial charge >= 0.3 is 0 Å². The van der Waals surface area contributed by atoms with E-state index in [1.807, 2.05) is 42.2 Å². The normalized spacial score (nSPS) is 18.5. The van der Waals surface area contributed by atoms with E-state index in [1.54, 1.807) is 18.3 Å². The van der Waals surface area contributed by atoms with E-state index in [0.29, 0.717) is 12.1 Å². The molecule has 2 aromatic heterocycles. The van der Waals surface area contributed by atoms with E-state index in [2.05, 4.69) is 19.6 Å². The lowest BCUT2D eigenvalue weighted by Crippen LogP contribution is -2.40. The summed E-state index contributed by atoms with van der Waals surface area (Å²) in [6.07, 6.45) is 7.46. The second-order valence-electron chi connectivity index (χ2n) is 7.38. The van der Waals surface area contributed by atoms with Crippen LogP contribution in [0, 0.1) is 5.92 Å². The fourth-order valence-corrected chi connectivity index (χ4v) is 5.10. The van der Waals surface area contributed by atoms with Crippen LogP contribution in [0.25, 0.3) is 10.9 Å². The van der Waals surface area contributed by atoms with E-state index in [1.165, 1.54) is 0 Å². The van der Waals surface area contributed by atoms with Crippen molar-refractivity contribution in [2.24, 2.45) is 13.0 Å². The number of fused-ring (bicyclic) bond motifs is 1. The minimum Gasteiger partial charge on any atom is -0.337 e. The monoisotopic (exact) mass is 399 g/mol. The molecule has 1 aliphatic rings. The number of hydrogen-bond donors (Lipinski definition) is 1. The van der Waals surface area contributed by atoms with Crippen molar-refractivity contribution < 1.29 is 8.42 Å². The quantitative estimate of drug-likeness (QED) is 0.687. The first-order valence-electron chi connectivity index (χ1n) is 9.55. The number of rotatable bonds is 6. The van der Waals surface area contributed by atoms with E-state index in [0.717, 1.165) is 43.7 Å². The number of para-hydroxylation sites is 1. The van der Waals surface area contributed by atoms with Crippen LogP contribution in [-0.2, 0) is 23.6 Å². The lowest BCUT2D eigenvalue weighted by molar-refractivity contribution is 0.164. The van der Waals surface area contributed by atoms with Gasteiger partial charge < -0.3 is 4.57 Å². The Morgan fingerprint density at radius 1 is 1.18 bits per heavy atom. The van der Waals surface area contributed by atoms with Crippen LogP contribution in [0.3, 0.4) is 0 Å². The molecule has 1 N–H and O–H groups in total. The zero-order chi connectivity index (χ0) is 19.6. The van der Waals surface area contributed by atoms with Crippen molar-refractivity contribution in [1.29, 1.82) is 0 Å². The van der Waals surface area contributed by atoms with Crippen molar-refractivity contribution in [1.82, 2.24) is 24.2 Å². The average molecular weight is 400 g/mol. The third kappa shape index (κ3) is 4.09. The molecule has 3 aromatic rings. The number of sulfonamides is 1. The molecule has 0 amide bonds. The molecule has 1 aromatic carbocycles. The molecule has 8 heteroatoms. The van der Waals surface area contributed by atoms with Gasteiger partial charge in [-0.2, -0.15) is 0 Å². The largest absolute Gasteiger partial charge is 0.337 e. The molecule has 3 heterocycles. The third-order valence-corrected chi connectivity index (χ3v) is 6.79. The molecule has 0 bridgehead atoms. The second kappa shape index (κ2) is 7.98. The SMILES string of the molecule is Cn1ccnc1CN1CCC[C@H](CNS(=O)(=O)c2cccc3cccnc23)C1. The van der Waals surface area contributed by atoms with Crippen LogP contribution in [-0.4, -0.2) is 47.5 Å². The minimum atomic E-state index is -3.61. The number of pyridine rings is 1. The molecule has 1 fully saturated rings. The lowest BCUT2D eigenvalue weighted by atomic mass is 9.98. The highest BCUT2D eigenvalue weighted by Gasteiger charge is 2.24. The van der Waals surface area contributed by atoms with E-state index in [9.17, 15) is 8.42 Å². The van der Waals surface area contributed by atoms with Gasteiger partial charge in [-0.05, 0) is 37.4 Å². The number of benzene rings is 1. The van der Waals surface area contributed by atoms with Crippen molar-refractivity contribution in [2.75, 3.05) is 19.6 Å². The van der Waals surface area contributed by atoms with Crippen LogP contribution in [0.2, 0.25) is 0 Å². The van der Waals surface area contributed by atoms with Gasteiger partial charge in [0.1, 0.15) is 10.7 Å². The molecule has 4 rings (SSSR count). The van der Waals surface area contributed by atoms with Crippen LogP contribution in [0.1, 0.15) is 18.7 Å². The molecule has 28 heavy (non-hydrogen) atoms. The molecule has 1 aliphatic heterocycles. The second-order valence-corrected chi connectivity index (χ2v) is 9.12. The predicted octanol–water partition coefficient (Wildman–Crippen LogP) is 2.16. The topological polar surface area (TPSA) is 80.1 Å². The summed E-state index contributed by atoms with van der Waals surface area (Å²) >= 11 is 0. The maximum atomic E-state index is 12.9. The van der Waals surface area contributed by atoms with E-state index in [4.69, 9.17) is 0 Å². The molecule has 0 spiro atoms. The van der Waals surface area contributed by atoms with Gasteiger partial charge in [0.05, 0.1) is 12.1 Å². The van der Waals surface area contributed by atoms with Gasteiger partial charge in [-0.15, -0.1) is 0 Å². The number of likely N-dealkylation sites (tertiary alicyclic amines) is 1. The molecule has 1 atom stereocenters. The number of aryl methyl sites for hydroxylation is 1. The summed E-state index contributed by atoms with van der Waals surface area (Å²) in [7, 11) is -1.61. The first-order chi connectivity index (χ1) is 13.5. The summed E-state index contributed by atoms with van der Waals surface area (Å²) in [5.74, 6) is 1.31. The average Bonchev–Trinajstić information content (AvgIpc) is 3.11. The van der Waals surface area contributed by atoms with Crippen molar-refractivity contribution >= 4 is 20.9 Å². The number of aromatic nitrogens is 3. The van der Waals surface area contributed by atoms with Crippen LogP contribution >= 0.6 is 0 Å². The van der Waals surface area contributed by atoms with Crippen LogP contribution in [0.5, 0.6) is 0 Å². The fraction of sp³-hybridized carbons (Fsp3) is 0.400. The van der Waals surface area contributed by atoms with Crippen LogP contribution in [0.15, 0.2) is 53.8 Å². The minimum absolute atomic E-state index is 0.242. The zero-order valence-corrected chi connectivity index (χ0v) is 16.8. The smallest absolute Gasteiger partial charge is 0.242 e. The Balaban J connectivity index is 1.42. The number of nitrogens with one attached hydrogen (secondary N) is 1. The molecule has 1 saturated heterocycles.